The molecule has 10 heteroatoms. The molecule has 0 aromatic carbocycles. The van der Waals surface area contributed by atoms with Gasteiger partial charge < -0.3 is 4.98 Å². The van der Waals surface area contributed by atoms with Crippen LogP contribution in [0.15, 0.2) is 48.7 Å². The van der Waals surface area contributed by atoms with Crippen molar-refractivity contribution in [2.75, 3.05) is 0 Å². The molecule has 0 N–H and O–H groups in total. The van der Waals surface area contributed by atoms with Crippen molar-refractivity contribution in [1.29, 1.82) is 0 Å². The van der Waals surface area contributed by atoms with Gasteiger partial charge in [-0.25, -0.2) is 0 Å². The van der Waals surface area contributed by atoms with Gasteiger partial charge in [-0.1, -0.05) is 102 Å². The molecule has 0 aliphatic heterocycles. The van der Waals surface area contributed by atoms with Gasteiger partial charge in [-0.15, -0.1) is 0 Å². The van der Waals surface area contributed by atoms with E-state index in [1.807, 2.05) is 12.1 Å². The molecule has 4 aliphatic carbocycles. The number of hydrogen-bond donors (Lipinski definition) is 0. The molecule has 3 fully saturated rings. The van der Waals surface area contributed by atoms with Gasteiger partial charge in [0, 0.05) is 20.1 Å². The Balaban J connectivity index is 0.000000317. The fraction of sp³-hybridized carbons (Fsp3) is 0.710. The predicted octanol–water partition coefficient (Wildman–Crippen LogP) is 13.4. The van der Waals surface area contributed by atoms with Crippen molar-refractivity contribution in [2.24, 2.45) is 0 Å². The van der Waals surface area contributed by atoms with E-state index in [9.17, 15) is 25.2 Å². The molecule has 1 aromatic rings. The maximum absolute atomic E-state index is 10.7. The van der Waals surface area contributed by atoms with Crippen LogP contribution in [0.2, 0.25) is 0 Å². The summed E-state index contributed by atoms with van der Waals surface area (Å²) in [7, 11) is -10.3. The number of rotatable bonds is 3. The van der Waals surface area contributed by atoms with E-state index < -0.39 is 7.81 Å². The Bertz CT molecular complexity index is 727. The van der Waals surface area contributed by atoms with Crippen LogP contribution in [0, 0.1) is 6.20 Å². The summed E-state index contributed by atoms with van der Waals surface area (Å²) >= 11 is 0. The summed E-state index contributed by atoms with van der Waals surface area (Å²) in [5, 5.41) is 0. The second-order valence-electron chi connectivity index (χ2n) is 11.3. The zero-order valence-corrected chi connectivity index (χ0v) is 28.4. The fourth-order valence-electron chi connectivity index (χ4n) is 6.17. The molecule has 1 radical (unpaired) electrons. The molecule has 0 amide bonds. The summed E-state index contributed by atoms with van der Waals surface area (Å²) in [5.41, 5.74) is 3.57. The van der Waals surface area contributed by atoms with Gasteiger partial charge in [-0.3, -0.25) is 0 Å². The topological polar surface area (TPSA) is 12.9 Å². The van der Waals surface area contributed by atoms with Gasteiger partial charge in [0.25, 0.3) is 0 Å². The Morgan fingerprint density at radius 3 is 1.05 bits per heavy atom. The van der Waals surface area contributed by atoms with Gasteiger partial charge in [0.2, 0.25) is 0 Å². The second-order valence-corrected chi connectivity index (χ2v) is 16.3. The van der Waals surface area contributed by atoms with Crippen molar-refractivity contribution in [3.8, 4) is 0 Å². The van der Waals surface area contributed by atoms with Crippen LogP contribution in [0.3, 0.4) is 0 Å². The molecule has 5 rings (SSSR count). The van der Waals surface area contributed by atoms with Crippen molar-refractivity contribution >= 4 is 15.7 Å². The first kappa shape index (κ1) is 38.7. The molecule has 1 aromatic heterocycles. The number of pyridine rings is 1. The van der Waals surface area contributed by atoms with Gasteiger partial charge in [-0.05, 0) is 81.2 Å². The molecule has 241 valence electrons. The van der Waals surface area contributed by atoms with E-state index >= 15 is 0 Å². The Morgan fingerprint density at radius 2 is 0.854 bits per heavy atom. The van der Waals surface area contributed by atoms with Crippen molar-refractivity contribution in [3.05, 3.63) is 54.9 Å². The predicted molar refractivity (Wildman–Crippen MR) is 161 cm³/mol. The number of nitrogens with zero attached hydrogens (tertiary/aromatic N) is 1. The van der Waals surface area contributed by atoms with Gasteiger partial charge >= 0.3 is 33.0 Å². The molecule has 0 spiro atoms. The minimum absolute atomic E-state index is 0. The SMILES string of the molecule is C1=C\CC/C=C\CC/1.C1CCC(P(C2CCCCC2)C2CCCCC2)CC1.F[P-](F)(F)(F)(F)F.[Ir].[c-]1ccccn1. The maximum atomic E-state index is 9.87. The summed E-state index contributed by atoms with van der Waals surface area (Å²) < 4.78 is 59.2. The second kappa shape index (κ2) is 19.2. The van der Waals surface area contributed by atoms with Crippen LogP contribution < -0.4 is 0 Å². The number of hydrogen-bond acceptors (Lipinski definition) is 1. The van der Waals surface area contributed by atoms with Crippen molar-refractivity contribution in [2.45, 2.75) is 139 Å². The summed E-state index contributed by atoms with van der Waals surface area (Å²) in [6.45, 7) is 0. The molecule has 41 heavy (non-hydrogen) atoms. The standard InChI is InChI=1S/C18H33P.C8H12.C5H4N.F6P.Ir/c1-4-10-16(11-5-1)19(17-12-6-2-7-13-17)18-14-8-3-9-15-18;1-2-4-6-8-7-5-3-1;1-2-4-6-5-3-1;1-7(2,3,4,5)6;/h16-18H,1-15H2;1-2,7-8H,3-6H2;1-4H;;/q;;2*-1;/b;2-1-,8-7-;;;. The maximum Gasteiger partial charge on any atom is 0 e. The quantitative estimate of drug-likeness (QED) is 0.128. The van der Waals surface area contributed by atoms with E-state index in [2.05, 4.69) is 35.5 Å². The van der Waals surface area contributed by atoms with Crippen molar-refractivity contribution in [3.63, 3.8) is 0 Å². The first-order valence-electron chi connectivity index (χ1n) is 15.3. The Kier molecular flexibility index (Phi) is 18.1. The van der Waals surface area contributed by atoms with E-state index in [0.29, 0.717) is 7.92 Å². The van der Waals surface area contributed by atoms with Gasteiger partial charge in [0.05, 0.1) is 0 Å². The summed E-state index contributed by atoms with van der Waals surface area (Å²) in [5.74, 6) is 0. The van der Waals surface area contributed by atoms with Crippen LogP contribution in [0.4, 0.5) is 25.2 Å². The summed E-state index contributed by atoms with van der Waals surface area (Å²) in [6.07, 6.45) is 42.0. The molecule has 1 heterocycles. The number of aromatic nitrogens is 1. The molecule has 4 aliphatic rings. The van der Waals surface area contributed by atoms with Gasteiger partial charge in [0.1, 0.15) is 0 Å². The van der Waals surface area contributed by atoms with E-state index in [1.165, 1.54) is 61.9 Å². The Hall–Kier alpha value is -0.281. The third-order valence-electron chi connectivity index (χ3n) is 7.84. The Morgan fingerprint density at radius 1 is 0.537 bits per heavy atom. The first-order chi connectivity index (χ1) is 18.9. The van der Waals surface area contributed by atoms with E-state index in [0.717, 1.165) is 0 Å². The number of allylic oxidation sites excluding steroid dienone is 4. The van der Waals surface area contributed by atoms with E-state index in [-0.39, 0.29) is 20.1 Å². The first-order valence-corrected chi connectivity index (χ1v) is 18.9. The minimum atomic E-state index is -10.7. The average molecular weight is 804 g/mol. The van der Waals surface area contributed by atoms with Gasteiger partial charge in [0.15, 0.2) is 0 Å². The van der Waals surface area contributed by atoms with Crippen molar-refractivity contribution < 1.29 is 45.3 Å². The minimum Gasteiger partial charge on any atom is -0.394 e. The third kappa shape index (κ3) is 22.9. The monoisotopic (exact) mass is 804 g/mol. The van der Waals surface area contributed by atoms with Crippen LogP contribution in [0.25, 0.3) is 0 Å². The van der Waals surface area contributed by atoms with Gasteiger partial charge in [-0.2, -0.15) is 18.2 Å². The number of halogens is 6. The molecule has 1 nitrogen and oxygen atoms in total. The van der Waals surface area contributed by atoms with Crippen LogP contribution >= 0.6 is 15.7 Å². The smallest absolute Gasteiger partial charge is 0 e. The summed E-state index contributed by atoms with van der Waals surface area (Å²) in [4.78, 5) is 3.66. The normalized spacial score (nSPS) is 24.0. The van der Waals surface area contributed by atoms with Crippen molar-refractivity contribution in [1.82, 2.24) is 4.98 Å². The van der Waals surface area contributed by atoms with E-state index in [4.69, 9.17) is 0 Å². The molecular formula is C31H49F6IrNP2-2. The van der Waals surface area contributed by atoms with Crippen LogP contribution in [-0.2, 0) is 20.1 Å². The van der Waals surface area contributed by atoms with Crippen LogP contribution in [-0.4, -0.2) is 22.0 Å². The molecule has 3 saturated carbocycles. The molecule has 0 bridgehead atoms. The molecule has 0 saturated heterocycles. The van der Waals surface area contributed by atoms with E-state index in [1.54, 1.807) is 89.3 Å². The largest absolute Gasteiger partial charge is 0.394 e. The zero-order chi connectivity index (χ0) is 29.2. The average Bonchev–Trinajstić information content (AvgIpc) is 2.90. The molecule has 0 unspecified atom stereocenters. The summed E-state index contributed by atoms with van der Waals surface area (Å²) in [6, 6.07) is 5.50. The van der Waals surface area contributed by atoms with Crippen LogP contribution in [0.1, 0.15) is 122 Å². The molecular weight excluding hydrogens is 755 g/mol. The van der Waals surface area contributed by atoms with Crippen LogP contribution in [0.5, 0.6) is 0 Å². The third-order valence-corrected chi connectivity index (χ3v) is 11.9. The molecule has 0 atom stereocenters. The Labute approximate surface area is 259 Å². The fourth-order valence-corrected chi connectivity index (χ4v) is 10.8. The zero-order valence-electron chi connectivity index (χ0n) is 24.2.